The highest BCUT2D eigenvalue weighted by Crippen LogP contribution is 2.25. The molecule has 2 aliphatic heterocycles. The molecule has 31 heavy (non-hydrogen) atoms. The number of ether oxygens (including phenoxy) is 1. The van der Waals surface area contributed by atoms with Gasteiger partial charge in [0.2, 0.25) is 11.8 Å². The zero-order valence-corrected chi connectivity index (χ0v) is 18.8. The number of fused-ring (bicyclic) bond motifs is 1. The molecule has 1 fully saturated rings. The molecule has 0 aromatic heterocycles. The first kappa shape index (κ1) is 21.7. The van der Waals surface area contributed by atoms with Gasteiger partial charge in [-0.1, -0.05) is 36.4 Å². The van der Waals surface area contributed by atoms with E-state index in [1.54, 1.807) is 18.9 Å². The average Bonchev–Trinajstić information content (AvgIpc) is 2.79. The maximum atomic E-state index is 12.9. The number of hydrogen-bond donors (Lipinski definition) is 2. The lowest BCUT2D eigenvalue weighted by Crippen LogP contribution is -2.59. The van der Waals surface area contributed by atoms with E-state index in [9.17, 15) is 9.59 Å². The Kier molecular flexibility index (Phi) is 6.83. The molecule has 2 heterocycles. The van der Waals surface area contributed by atoms with Crippen molar-refractivity contribution in [2.24, 2.45) is 5.92 Å². The molecule has 2 aromatic rings. The molecular formula is C24H29N3O3S. The van der Waals surface area contributed by atoms with E-state index < -0.39 is 0 Å². The zero-order chi connectivity index (χ0) is 21.8. The van der Waals surface area contributed by atoms with Gasteiger partial charge in [-0.05, 0) is 42.2 Å². The first-order valence-electron chi connectivity index (χ1n) is 10.7. The van der Waals surface area contributed by atoms with Crippen molar-refractivity contribution in [3.8, 4) is 5.75 Å². The number of nitrogens with one attached hydrogen (secondary N) is 2. The van der Waals surface area contributed by atoms with Crippen LogP contribution in [0.4, 0.5) is 0 Å². The van der Waals surface area contributed by atoms with Crippen molar-refractivity contribution >= 4 is 23.6 Å². The Labute approximate surface area is 187 Å². The third-order valence-electron chi connectivity index (χ3n) is 6.06. The Morgan fingerprint density at radius 3 is 2.77 bits per heavy atom. The summed E-state index contributed by atoms with van der Waals surface area (Å²) in [4.78, 5) is 27.6. The van der Waals surface area contributed by atoms with Crippen LogP contribution in [0.1, 0.15) is 30.0 Å². The molecule has 1 saturated heterocycles. The predicted molar refractivity (Wildman–Crippen MR) is 122 cm³/mol. The second-order valence-corrected chi connectivity index (χ2v) is 9.24. The lowest BCUT2D eigenvalue weighted by molar-refractivity contribution is -0.138. The van der Waals surface area contributed by atoms with E-state index in [4.69, 9.17) is 4.74 Å². The molecule has 7 heteroatoms. The van der Waals surface area contributed by atoms with Crippen molar-refractivity contribution in [1.82, 2.24) is 15.5 Å². The van der Waals surface area contributed by atoms with Gasteiger partial charge < -0.3 is 15.0 Å². The molecule has 3 unspecified atom stereocenters. The van der Waals surface area contributed by atoms with Gasteiger partial charge in [0.1, 0.15) is 11.2 Å². The van der Waals surface area contributed by atoms with Crippen LogP contribution >= 0.6 is 11.8 Å². The average molecular weight is 440 g/mol. The third kappa shape index (κ3) is 5.22. The van der Waals surface area contributed by atoms with Crippen molar-refractivity contribution in [1.29, 1.82) is 0 Å². The normalized spacial score (nSPS) is 23.1. The quantitative estimate of drug-likeness (QED) is 0.724. The number of rotatable bonds is 6. The molecule has 4 rings (SSSR count). The first-order chi connectivity index (χ1) is 15.0. The minimum atomic E-state index is -0.363. The van der Waals surface area contributed by atoms with Crippen molar-refractivity contribution in [2.75, 3.05) is 13.7 Å². The Balaban J connectivity index is 1.30. The fraction of sp³-hybridized carbons (Fsp3) is 0.417. The van der Waals surface area contributed by atoms with Gasteiger partial charge in [0, 0.05) is 31.3 Å². The minimum absolute atomic E-state index is 0.0470. The molecule has 6 nitrogen and oxygen atoms in total. The number of nitrogens with zero attached hydrogens (tertiary/aromatic N) is 1. The van der Waals surface area contributed by atoms with E-state index in [0.29, 0.717) is 13.1 Å². The fourth-order valence-electron chi connectivity index (χ4n) is 4.19. The predicted octanol–water partition coefficient (Wildman–Crippen LogP) is 2.91. The molecule has 2 aromatic carbocycles. The van der Waals surface area contributed by atoms with Gasteiger partial charge in [0.25, 0.3) is 0 Å². The summed E-state index contributed by atoms with van der Waals surface area (Å²) in [6.07, 6.45) is 1.10. The number of thioether (sulfide) groups is 1. The van der Waals surface area contributed by atoms with Crippen LogP contribution in [0.25, 0.3) is 0 Å². The summed E-state index contributed by atoms with van der Waals surface area (Å²) < 4.78 is 5.27. The van der Waals surface area contributed by atoms with Gasteiger partial charge in [-0.2, -0.15) is 0 Å². The van der Waals surface area contributed by atoms with Gasteiger partial charge in [-0.15, -0.1) is 11.8 Å². The van der Waals surface area contributed by atoms with E-state index in [2.05, 4.69) is 22.8 Å². The van der Waals surface area contributed by atoms with E-state index >= 15 is 0 Å². The van der Waals surface area contributed by atoms with Crippen molar-refractivity contribution in [2.45, 2.75) is 43.6 Å². The van der Waals surface area contributed by atoms with E-state index in [1.165, 1.54) is 11.1 Å². The van der Waals surface area contributed by atoms with E-state index in [-0.39, 0.29) is 35.7 Å². The summed E-state index contributed by atoms with van der Waals surface area (Å²) in [6, 6.07) is 16.1. The maximum Gasteiger partial charge on any atom is 0.227 e. The fourth-order valence-corrected chi connectivity index (χ4v) is 5.24. The highest BCUT2D eigenvalue weighted by Gasteiger charge is 2.36. The molecule has 2 N–H and O–H groups in total. The van der Waals surface area contributed by atoms with Crippen LogP contribution in [0.5, 0.6) is 5.75 Å². The number of hydrogen-bond acceptors (Lipinski definition) is 5. The van der Waals surface area contributed by atoms with Crippen molar-refractivity contribution < 1.29 is 14.3 Å². The largest absolute Gasteiger partial charge is 0.497 e. The van der Waals surface area contributed by atoms with Crippen LogP contribution in [0.2, 0.25) is 0 Å². The highest BCUT2D eigenvalue weighted by molar-refractivity contribution is 7.99. The molecule has 164 valence electrons. The molecule has 0 spiro atoms. The topological polar surface area (TPSA) is 70.7 Å². The standard InChI is InChI=1S/C24H29N3O3S/c1-16-21(13-22(28)27-11-10-18-7-3-4-8-19(18)14-27)23(29)26-24(25-16)31-15-17-6-5-9-20(12-17)30-2/h3-9,12,16,21,24-25H,10-11,13-15H2,1-2H3,(H,26,29). The number of carbonyl (C=O) groups is 2. The minimum Gasteiger partial charge on any atom is -0.497 e. The number of carbonyl (C=O) groups excluding carboxylic acids is 2. The van der Waals surface area contributed by atoms with Crippen LogP contribution in [-0.4, -0.2) is 41.9 Å². The maximum absolute atomic E-state index is 12.9. The van der Waals surface area contributed by atoms with Crippen molar-refractivity contribution in [3.05, 3.63) is 65.2 Å². The molecule has 0 bridgehead atoms. The Hall–Kier alpha value is -2.51. The summed E-state index contributed by atoms with van der Waals surface area (Å²) in [5, 5.41) is 6.48. The number of benzene rings is 2. The van der Waals surface area contributed by atoms with Gasteiger partial charge >= 0.3 is 0 Å². The lowest BCUT2D eigenvalue weighted by Gasteiger charge is -2.36. The summed E-state index contributed by atoms with van der Waals surface area (Å²) >= 11 is 1.62. The van der Waals surface area contributed by atoms with Crippen LogP contribution in [0.15, 0.2) is 48.5 Å². The zero-order valence-electron chi connectivity index (χ0n) is 18.0. The van der Waals surface area contributed by atoms with Crippen LogP contribution in [0, 0.1) is 5.92 Å². The van der Waals surface area contributed by atoms with Crippen molar-refractivity contribution in [3.63, 3.8) is 0 Å². The monoisotopic (exact) mass is 439 g/mol. The number of amides is 2. The summed E-state index contributed by atoms with van der Waals surface area (Å²) in [5.41, 5.74) is 3.47. The second-order valence-electron chi connectivity index (χ2n) is 8.15. The third-order valence-corrected chi connectivity index (χ3v) is 7.14. The Morgan fingerprint density at radius 1 is 1.19 bits per heavy atom. The highest BCUT2D eigenvalue weighted by atomic mass is 32.2. The number of methoxy groups -OCH3 is 1. The molecule has 2 amide bonds. The van der Waals surface area contributed by atoms with Gasteiger partial charge in [-0.25, -0.2) is 0 Å². The summed E-state index contributed by atoms with van der Waals surface area (Å²) in [5.74, 6) is 1.20. The van der Waals surface area contributed by atoms with Gasteiger partial charge in [0.15, 0.2) is 0 Å². The summed E-state index contributed by atoms with van der Waals surface area (Å²) in [7, 11) is 1.65. The molecular weight excluding hydrogens is 410 g/mol. The van der Waals surface area contributed by atoms with Crippen LogP contribution in [0.3, 0.4) is 0 Å². The Morgan fingerprint density at radius 2 is 2.00 bits per heavy atom. The molecule has 0 saturated carbocycles. The SMILES string of the molecule is COc1cccc(CSC2NC(=O)C(CC(=O)N3CCc4ccccc4C3)C(C)N2)c1. The summed E-state index contributed by atoms with van der Waals surface area (Å²) in [6.45, 7) is 3.33. The molecule has 0 radical (unpaired) electrons. The lowest BCUT2D eigenvalue weighted by atomic mass is 9.93. The second kappa shape index (κ2) is 9.75. The van der Waals surface area contributed by atoms with Crippen LogP contribution < -0.4 is 15.4 Å². The van der Waals surface area contributed by atoms with E-state index in [1.807, 2.05) is 48.2 Å². The van der Waals surface area contributed by atoms with Crippen LogP contribution in [-0.2, 0) is 28.3 Å². The van der Waals surface area contributed by atoms with Gasteiger partial charge in [0.05, 0.1) is 13.0 Å². The van der Waals surface area contributed by atoms with Gasteiger partial charge in [-0.3, -0.25) is 14.9 Å². The Bertz CT molecular complexity index is 951. The smallest absolute Gasteiger partial charge is 0.227 e. The first-order valence-corrected chi connectivity index (χ1v) is 11.7. The molecule has 2 aliphatic rings. The molecule has 0 aliphatic carbocycles. The molecule has 3 atom stereocenters. The van der Waals surface area contributed by atoms with E-state index in [0.717, 1.165) is 23.5 Å².